The van der Waals surface area contributed by atoms with E-state index in [0.29, 0.717) is 22.3 Å². The molecule has 2 heterocycles. The molecule has 0 bridgehead atoms. The third-order valence-corrected chi connectivity index (χ3v) is 3.80. The fraction of sp³-hybridized carbons (Fsp3) is 0.278. The molecule has 3 aromatic rings. The van der Waals surface area contributed by atoms with Crippen molar-refractivity contribution in [2.45, 2.75) is 33.7 Å². The standard InChI is InChI=1S/C18H19FN4O/c1-10(2)23-17-14(9-20-23)13(8-12(4)21-17)18(24)22-16-7-11(3)5-6-15(16)19/h5-10H,1-4H3,(H,22,24). The average Bonchev–Trinajstić information content (AvgIpc) is 2.93. The minimum atomic E-state index is -0.464. The van der Waals surface area contributed by atoms with Crippen LogP contribution in [0.3, 0.4) is 0 Å². The Hall–Kier alpha value is -2.76. The molecule has 6 heteroatoms. The molecule has 0 spiro atoms. The quantitative estimate of drug-likeness (QED) is 0.791. The summed E-state index contributed by atoms with van der Waals surface area (Å²) < 4.78 is 15.7. The molecule has 124 valence electrons. The fourth-order valence-corrected chi connectivity index (χ4v) is 2.63. The Bertz CT molecular complexity index is 930. The van der Waals surface area contributed by atoms with Crippen molar-refractivity contribution in [2.75, 3.05) is 5.32 Å². The summed E-state index contributed by atoms with van der Waals surface area (Å²) in [6, 6.07) is 6.43. The number of hydrogen-bond acceptors (Lipinski definition) is 3. The maximum atomic E-state index is 13.9. The molecule has 3 rings (SSSR count). The molecule has 0 saturated heterocycles. The van der Waals surface area contributed by atoms with Gasteiger partial charge in [0, 0.05) is 11.7 Å². The molecule has 1 aromatic carbocycles. The van der Waals surface area contributed by atoms with Crippen LogP contribution in [0.2, 0.25) is 0 Å². The number of fused-ring (bicyclic) bond motifs is 1. The lowest BCUT2D eigenvalue weighted by atomic mass is 10.1. The highest BCUT2D eigenvalue weighted by Gasteiger charge is 2.18. The lowest BCUT2D eigenvalue weighted by Crippen LogP contribution is -2.14. The highest BCUT2D eigenvalue weighted by molar-refractivity contribution is 6.12. The van der Waals surface area contributed by atoms with Gasteiger partial charge in [0.1, 0.15) is 5.82 Å². The van der Waals surface area contributed by atoms with Gasteiger partial charge in [0.25, 0.3) is 5.91 Å². The van der Waals surface area contributed by atoms with Crippen LogP contribution in [-0.4, -0.2) is 20.7 Å². The smallest absolute Gasteiger partial charge is 0.256 e. The lowest BCUT2D eigenvalue weighted by molar-refractivity contribution is 0.102. The van der Waals surface area contributed by atoms with Gasteiger partial charge in [0.15, 0.2) is 5.65 Å². The zero-order valence-corrected chi connectivity index (χ0v) is 14.1. The first-order valence-electron chi connectivity index (χ1n) is 7.79. The second kappa shape index (κ2) is 6.03. The van der Waals surface area contributed by atoms with Gasteiger partial charge in [0.05, 0.1) is 22.8 Å². The number of carbonyl (C=O) groups excluding carboxylic acids is 1. The maximum Gasteiger partial charge on any atom is 0.256 e. The van der Waals surface area contributed by atoms with E-state index in [1.807, 2.05) is 27.7 Å². The minimum Gasteiger partial charge on any atom is -0.319 e. The van der Waals surface area contributed by atoms with Crippen molar-refractivity contribution >= 4 is 22.6 Å². The van der Waals surface area contributed by atoms with Crippen molar-refractivity contribution in [3.05, 3.63) is 53.1 Å². The third kappa shape index (κ3) is 2.87. The van der Waals surface area contributed by atoms with Gasteiger partial charge in [0.2, 0.25) is 0 Å². The minimum absolute atomic E-state index is 0.127. The van der Waals surface area contributed by atoms with E-state index < -0.39 is 5.82 Å². The maximum absolute atomic E-state index is 13.9. The van der Waals surface area contributed by atoms with E-state index in [-0.39, 0.29) is 17.6 Å². The van der Waals surface area contributed by atoms with E-state index in [9.17, 15) is 9.18 Å². The summed E-state index contributed by atoms with van der Waals surface area (Å²) >= 11 is 0. The number of rotatable bonds is 3. The van der Waals surface area contributed by atoms with Crippen LogP contribution in [0.15, 0.2) is 30.5 Å². The van der Waals surface area contributed by atoms with Crippen molar-refractivity contribution in [1.82, 2.24) is 14.8 Å². The van der Waals surface area contributed by atoms with Crippen LogP contribution in [0.25, 0.3) is 11.0 Å². The van der Waals surface area contributed by atoms with Crippen molar-refractivity contribution in [2.24, 2.45) is 0 Å². The number of hydrogen-bond donors (Lipinski definition) is 1. The third-order valence-electron chi connectivity index (χ3n) is 3.80. The van der Waals surface area contributed by atoms with Crippen molar-refractivity contribution in [3.8, 4) is 0 Å². The number of anilines is 1. The summed E-state index contributed by atoms with van der Waals surface area (Å²) in [5.74, 6) is -0.841. The van der Waals surface area contributed by atoms with Crippen LogP contribution in [0, 0.1) is 19.7 Å². The molecule has 0 atom stereocenters. The van der Waals surface area contributed by atoms with Gasteiger partial charge in [-0.05, 0) is 51.5 Å². The number of aromatic nitrogens is 3. The molecule has 5 nitrogen and oxygen atoms in total. The SMILES string of the molecule is Cc1ccc(F)c(NC(=O)c2cc(C)nc3c2cnn3C(C)C)c1. The molecular weight excluding hydrogens is 307 g/mol. The summed E-state index contributed by atoms with van der Waals surface area (Å²) in [4.78, 5) is 17.2. The van der Waals surface area contributed by atoms with E-state index in [2.05, 4.69) is 15.4 Å². The molecule has 1 amide bonds. The normalized spacial score (nSPS) is 11.2. The summed E-state index contributed by atoms with van der Waals surface area (Å²) in [5.41, 5.74) is 2.83. The van der Waals surface area contributed by atoms with E-state index in [4.69, 9.17) is 0 Å². The predicted octanol–water partition coefficient (Wildman–Crippen LogP) is 4.02. The van der Waals surface area contributed by atoms with Crippen molar-refractivity contribution in [3.63, 3.8) is 0 Å². The van der Waals surface area contributed by atoms with Gasteiger partial charge in [-0.2, -0.15) is 5.10 Å². The van der Waals surface area contributed by atoms with Crippen LogP contribution >= 0.6 is 0 Å². The van der Waals surface area contributed by atoms with Crippen LogP contribution in [0.1, 0.15) is 41.5 Å². The molecule has 0 aliphatic heterocycles. The first kappa shape index (κ1) is 16.1. The number of halogens is 1. The fourth-order valence-electron chi connectivity index (χ4n) is 2.63. The number of nitrogens with zero attached hydrogens (tertiary/aromatic N) is 3. The molecule has 0 fully saturated rings. The van der Waals surface area contributed by atoms with Crippen LogP contribution in [0.4, 0.5) is 10.1 Å². The highest BCUT2D eigenvalue weighted by Crippen LogP contribution is 2.23. The van der Waals surface area contributed by atoms with Crippen molar-refractivity contribution in [1.29, 1.82) is 0 Å². The van der Waals surface area contributed by atoms with E-state index in [1.165, 1.54) is 6.07 Å². The zero-order valence-electron chi connectivity index (χ0n) is 14.1. The van der Waals surface area contributed by atoms with Crippen molar-refractivity contribution < 1.29 is 9.18 Å². The largest absolute Gasteiger partial charge is 0.319 e. The highest BCUT2D eigenvalue weighted by atomic mass is 19.1. The Labute approximate surface area is 139 Å². The Morgan fingerprint density at radius 1 is 1.25 bits per heavy atom. The summed E-state index contributed by atoms with van der Waals surface area (Å²) in [6.45, 7) is 7.66. The number of pyridine rings is 1. The molecular formula is C18H19FN4O. The Kier molecular flexibility index (Phi) is 4.05. The summed E-state index contributed by atoms with van der Waals surface area (Å²) in [7, 11) is 0. The predicted molar refractivity (Wildman–Crippen MR) is 91.7 cm³/mol. The number of aryl methyl sites for hydroxylation is 2. The lowest BCUT2D eigenvalue weighted by Gasteiger charge is -2.10. The number of carbonyl (C=O) groups is 1. The zero-order chi connectivity index (χ0) is 17.4. The summed E-state index contributed by atoms with van der Waals surface area (Å²) in [6.07, 6.45) is 1.63. The average molecular weight is 326 g/mol. The Morgan fingerprint density at radius 3 is 2.71 bits per heavy atom. The topological polar surface area (TPSA) is 59.8 Å². The van der Waals surface area contributed by atoms with Gasteiger partial charge in [-0.25, -0.2) is 14.1 Å². The molecule has 0 saturated carbocycles. The van der Waals surface area contributed by atoms with Gasteiger partial charge >= 0.3 is 0 Å². The van der Waals surface area contributed by atoms with Gasteiger partial charge < -0.3 is 5.32 Å². The van der Waals surface area contributed by atoms with Gasteiger partial charge in [-0.1, -0.05) is 6.07 Å². The molecule has 1 N–H and O–H groups in total. The van der Waals surface area contributed by atoms with E-state index in [0.717, 1.165) is 5.56 Å². The molecule has 0 aliphatic rings. The molecule has 0 unspecified atom stereocenters. The van der Waals surface area contributed by atoms with Gasteiger partial charge in [-0.3, -0.25) is 4.79 Å². The second-order valence-corrected chi connectivity index (χ2v) is 6.17. The van der Waals surface area contributed by atoms with E-state index >= 15 is 0 Å². The monoisotopic (exact) mass is 326 g/mol. The second-order valence-electron chi connectivity index (χ2n) is 6.17. The first-order valence-corrected chi connectivity index (χ1v) is 7.79. The van der Waals surface area contributed by atoms with Crippen LogP contribution in [0.5, 0.6) is 0 Å². The number of nitrogens with one attached hydrogen (secondary N) is 1. The first-order chi connectivity index (χ1) is 11.4. The Balaban J connectivity index is 2.05. The van der Waals surface area contributed by atoms with Gasteiger partial charge in [-0.15, -0.1) is 0 Å². The van der Waals surface area contributed by atoms with Crippen LogP contribution in [-0.2, 0) is 0 Å². The number of amides is 1. The van der Waals surface area contributed by atoms with E-state index in [1.54, 1.807) is 29.1 Å². The number of benzene rings is 1. The Morgan fingerprint density at radius 2 is 2.00 bits per heavy atom. The molecule has 0 aliphatic carbocycles. The molecule has 24 heavy (non-hydrogen) atoms. The molecule has 2 aromatic heterocycles. The van der Waals surface area contributed by atoms with Crippen LogP contribution < -0.4 is 5.32 Å². The summed E-state index contributed by atoms with van der Waals surface area (Å²) in [5, 5.41) is 7.62. The molecule has 0 radical (unpaired) electrons.